The maximum Gasteiger partial charge on any atom is 0.337 e. The summed E-state index contributed by atoms with van der Waals surface area (Å²) in [6.07, 6.45) is 0.682. The average Bonchev–Trinajstić information content (AvgIpc) is 2.19. The Morgan fingerprint density at radius 1 is 1.60 bits per heavy atom. The van der Waals surface area contributed by atoms with Gasteiger partial charge in [0.2, 0.25) is 0 Å². The Labute approximate surface area is 87.4 Å². The average molecular weight is 214 g/mol. The third-order valence-corrected chi connectivity index (χ3v) is 2.39. The van der Waals surface area contributed by atoms with Crippen molar-refractivity contribution in [2.45, 2.75) is 25.4 Å². The predicted molar refractivity (Wildman–Crippen MR) is 50.3 cm³/mol. The number of hydrogen-bond acceptors (Lipinski definition) is 4. The van der Waals surface area contributed by atoms with Gasteiger partial charge in [0.05, 0.1) is 0 Å². The Balaban J connectivity index is 2.64. The van der Waals surface area contributed by atoms with Gasteiger partial charge in [-0.15, -0.1) is 0 Å². The molecule has 1 heterocycles. The van der Waals surface area contributed by atoms with Gasteiger partial charge in [-0.25, -0.2) is 0 Å². The summed E-state index contributed by atoms with van der Waals surface area (Å²) in [4.78, 5) is 13.6. The summed E-state index contributed by atoms with van der Waals surface area (Å²) in [5.41, 5.74) is 7.60. The lowest BCUT2D eigenvalue weighted by Gasteiger charge is -2.27. The van der Waals surface area contributed by atoms with E-state index in [2.05, 4.69) is 9.53 Å². The summed E-state index contributed by atoms with van der Waals surface area (Å²) in [6, 6.07) is 0. The van der Waals surface area contributed by atoms with E-state index in [4.69, 9.17) is 10.3 Å². The first-order chi connectivity index (χ1) is 7.08. The van der Waals surface area contributed by atoms with E-state index in [0.717, 1.165) is 0 Å². The number of carbonyl (C=O) groups excluding carboxylic acids is 1. The van der Waals surface area contributed by atoms with Gasteiger partial charge in [-0.3, -0.25) is 4.79 Å². The molecule has 1 aliphatic rings. The Kier molecular flexibility index (Phi) is 3.96. The van der Waals surface area contributed by atoms with Crippen LogP contribution in [0.5, 0.6) is 0 Å². The van der Waals surface area contributed by atoms with E-state index in [9.17, 15) is 9.90 Å². The first-order valence-corrected chi connectivity index (χ1v) is 4.73. The third-order valence-electron chi connectivity index (χ3n) is 2.39. The normalized spacial score (nSPS) is 19.1. The van der Waals surface area contributed by atoms with Crippen LogP contribution in [-0.4, -0.2) is 47.0 Å². The minimum absolute atomic E-state index is 0.0704. The fourth-order valence-corrected chi connectivity index (χ4v) is 1.42. The van der Waals surface area contributed by atoms with Crippen LogP contribution in [0.1, 0.15) is 19.8 Å². The highest BCUT2D eigenvalue weighted by atomic mass is 16.5. The zero-order chi connectivity index (χ0) is 11.3. The van der Waals surface area contributed by atoms with Crippen molar-refractivity contribution in [2.24, 2.45) is 0 Å². The van der Waals surface area contributed by atoms with Crippen LogP contribution in [-0.2, 0) is 14.3 Å². The molecule has 0 spiro atoms. The Morgan fingerprint density at radius 3 is 2.67 bits per heavy atom. The molecule has 0 aromatic carbocycles. The Bertz CT molecular complexity index is 290. The van der Waals surface area contributed by atoms with Gasteiger partial charge < -0.3 is 20.1 Å². The van der Waals surface area contributed by atoms with Crippen LogP contribution in [0, 0.1) is 0 Å². The molecular weight excluding hydrogens is 200 g/mol. The van der Waals surface area contributed by atoms with Gasteiger partial charge in [0.15, 0.2) is 12.2 Å². The molecule has 0 saturated carbocycles. The second-order valence-electron chi connectivity index (χ2n) is 3.47. The SMILES string of the molecule is CC(=O)OCC(=[N+]=[N-])C1(O)CCOCC1. The lowest BCUT2D eigenvalue weighted by atomic mass is 9.89. The smallest absolute Gasteiger partial charge is 0.337 e. The minimum Gasteiger partial charge on any atom is -0.453 e. The lowest BCUT2D eigenvalue weighted by Crippen LogP contribution is -2.46. The molecule has 0 amide bonds. The van der Waals surface area contributed by atoms with Crippen molar-refractivity contribution in [3.8, 4) is 0 Å². The molecule has 0 aromatic heterocycles. The molecule has 15 heavy (non-hydrogen) atoms. The maximum absolute atomic E-state index is 10.6. The van der Waals surface area contributed by atoms with Crippen molar-refractivity contribution in [1.29, 1.82) is 0 Å². The number of carbonyl (C=O) groups is 1. The van der Waals surface area contributed by atoms with E-state index in [1.165, 1.54) is 6.92 Å². The van der Waals surface area contributed by atoms with Crippen molar-refractivity contribution in [1.82, 2.24) is 0 Å². The van der Waals surface area contributed by atoms with Crippen molar-refractivity contribution in [2.75, 3.05) is 19.8 Å². The minimum atomic E-state index is -1.22. The standard InChI is InChI=1S/C9H14N2O4/c1-7(12)15-6-8(11-10)9(13)2-4-14-5-3-9/h13H,2-6H2,1H3. The van der Waals surface area contributed by atoms with Gasteiger partial charge in [-0.2, -0.15) is 4.79 Å². The fourth-order valence-electron chi connectivity index (χ4n) is 1.42. The molecule has 0 aliphatic carbocycles. The molecule has 6 heteroatoms. The van der Waals surface area contributed by atoms with Gasteiger partial charge in [-0.1, -0.05) is 0 Å². The maximum atomic E-state index is 10.6. The molecule has 0 bridgehead atoms. The zero-order valence-electron chi connectivity index (χ0n) is 8.60. The molecule has 1 fully saturated rings. The number of aliphatic hydroxyl groups is 1. The molecule has 6 nitrogen and oxygen atoms in total. The molecule has 1 N–H and O–H groups in total. The molecule has 84 valence electrons. The van der Waals surface area contributed by atoms with Crippen LogP contribution < -0.4 is 0 Å². The van der Waals surface area contributed by atoms with E-state index in [-0.39, 0.29) is 12.3 Å². The van der Waals surface area contributed by atoms with Crippen LogP contribution in [0.4, 0.5) is 0 Å². The van der Waals surface area contributed by atoms with E-state index in [1.807, 2.05) is 0 Å². The quantitative estimate of drug-likeness (QED) is 0.304. The van der Waals surface area contributed by atoms with Crippen LogP contribution in [0.25, 0.3) is 5.53 Å². The Morgan fingerprint density at radius 2 is 2.20 bits per heavy atom. The van der Waals surface area contributed by atoms with Gasteiger partial charge in [0, 0.05) is 33.0 Å². The van der Waals surface area contributed by atoms with E-state index >= 15 is 0 Å². The second-order valence-corrected chi connectivity index (χ2v) is 3.47. The Hall–Kier alpha value is -1.23. The second kappa shape index (κ2) is 5.02. The highest BCUT2D eigenvalue weighted by Crippen LogP contribution is 2.21. The topological polar surface area (TPSA) is 92.2 Å². The van der Waals surface area contributed by atoms with Crippen molar-refractivity contribution in [3.63, 3.8) is 0 Å². The summed E-state index contributed by atoms with van der Waals surface area (Å²) in [6.45, 7) is 1.86. The third kappa shape index (κ3) is 3.13. The highest BCUT2D eigenvalue weighted by Gasteiger charge is 2.42. The number of esters is 1. The van der Waals surface area contributed by atoms with Crippen LogP contribution in [0.2, 0.25) is 0 Å². The molecule has 1 rings (SSSR count). The van der Waals surface area contributed by atoms with Gasteiger partial charge in [0.25, 0.3) is 0 Å². The largest absolute Gasteiger partial charge is 0.453 e. The first kappa shape index (κ1) is 11.8. The highest BCUT2D eigenvalue weighted by molar-refractivity contribution is 5.90. The number of nitrogens with zero attached hydrogens (tertiary/aromatic N) is 2. The summed E-state index contributed by atoms with van der Waals surface area (Å²) < 4.78 is 9.76. The molecule has 0 unspecified atom stereocenters. The predicted octanol–water partition coefficient (Wildman–Crippen LogP) is -0.238. The number of hydrogen-bond donors (Lipinski definition) is 1. The first-order valence-electron chi connectivity index (χ1n) is 4.73. The molecule has 1 aliphatic heterocycles. The van der Waals surface area contributed by atoms with Crippen LogP contribution in [0.15, 0.2) is 0 Å². The lowest BCUT2D eigenvalue weighted by molar-refractivity contribution is -0.141. The number of ether oxygens (including phenoxy) is 2. The van der Waals surface area contributed by atoms with Crippen molar-refractivity contribution < 1.29 is 24.2 Å². The van der Waals surface area contributed by atoms with Crippen LogP contribution in [0.3, 0.4) is 0 Å². The molecule has 0 radical (unpaired) electrons. The summed E-state index contributed by atoms with van der Waals surface area (Å²) in [5, 5.41) is 10.1. The zero-order valence-corrected chi connectivity index (χ0v) is 8.60. The van der Waals surface area contributed by atoms with E-state index in [0.29, 0.717) is 26.1 Å². The van der Waals surface area contributed by atoms with E-state index in [1.54, 1.807) is 0 Å². The van der Waals surface area contributed by atoms with Gasteiger partial charge in [-0.05, 0) is 0 Å². The summed E-state index contributed by atoms with van der Waals surface area (Å²) in [5.74, 6) is -0.480. The van der Waals surface area contributed by atoms with Crippen molar-refractivity contribution in [3.05, 3.63) is 5.53 Å². The molecule has 1 saturated heterocycles. The number of rotatable bonds is 3. The summed E-state index contributed by atoms with van der Waals surface area (Å²) in [7, 11) is 0. The van der Waals surface area contributed by atoms with E-state index < -0.39 is 11.6 Å². The van der Waals surface area contributed by atoms with Gasteiger partial charge in [0.1, 0.15) is 0 Å². The van der Waals surface area contributed by atoms with Crippen LogP contribution >= 0.6 is 0 Å². The van der Waals surface area contributed by atoms with Crippen molar-refractivity contribution >= 4 is 11.7 Å². The molecular formula is C9H14N2O4. The summed E-state index contributed by atoms with van der Waals surface area (Å²) >= 11 is 0. The van der Waals surface area contributed by atoms with Gasteiger partial charge >= 0.3 is 11.7 Å². The fraction of sp³-hybridized carbons (Fsp3) is 0.778. The monoisotopic (exact) mass is 214 g/mol. The molecule has 0 atom stereocenters. The molecule has 0 aromatic rings.